The number of unbranched alkanes of at least 4 members (excludes halogenated alkanes) is 1. The van der Waals surface area contributed by atoms with Crippen molar-refractivity contribution in [3.8, 4) is 0 Å². The second-order valence-electron chi connectivity index (χ2n) is 13.9. The molecule has 2 fully saturated rings. The number of likely N-dealkylation sites (tertiary alicyclic amines) is 2. The van der Waals surface area contributed by atoms with E-state index in [1.54, 1.807) is 21.9 Å². The van der Waals surface area contributed by atoms with E-state index in [4.69, 9.17) is 11.5 Å². The summed E-state index contributed by atoms with van der Waals surface area (Å²) in [7, 11) is 0. The lowest BCUT2D eigenvalue weighted by Crippen LogP contribution is -2.57. The summed E-state index contributed by atoms with van der Waals surface area (Å²) in [5, 5.41) is 6.01. The molecule has 2 atom stereocenters. The number of piperidine rings is 2. The van der Waals surface area contributed by atoms with Gasteiger partial charge in [-0.25, -0.2) is 9.59 Å². The van der Waals surface area contributed by atoms with Gasteiger partial charge in [-0.15, -0.1) is 0 Å². The highest BCUT2D eigenvalue weighted by molar-refractivity contribution is 9.11. The Morgan fingerprint density at radius 3 is 2.23 bits per heavy atom. The third-order valence-corrected chi connectivity index (χ3v) is 11.8. The van der Waals surface area contributed by atoms with Gasteiger partial charge in [0.25, 0.3) is 0 Å². The number of H-pyrrole nitrogens is 1. The molecule has 0 unspecified atom stereocenters. The lowest BCUT2D eigenvalue weighted by atomic mass is 9.89. The van der Waals surface area contributed by atoms with Crippen molar-refractivity contribution < 1.29 is 14.4 Å². The predicted molar refractivity (Wildman–Crippen MR) is 212 cm³/mol. The van der Waals surface area contributed by atoms with Gasteiger partial charge in [0, 0.05) is 60.0 Å². The number of amides is 4. The molecule has 4 amide bonds. The van der Waals surface area contributed by atoms with Gasteiger partial charge in [0.2, 0.25) is 11.8 Å². The molecule has 4 aromatic rings. The Morgan fingerprint density at radius 1 is 0.887 bits per heavy atom. The van der Waals surface area contributed by atoms with Gasteiger partial charge in [-0.3, -0.25) is 19.1 Å². The van der Waals surface area contributed by atoms with E-state index in [2.05, 4.69) is 52.5 Å². The fraction of sp³-hybridized carbons (Fsp3) is 0.447. The van der Waals surface area contributed by atoms with Crippen LogP contribution in [0, 0.1) is 0 Å². The van der Waals surface area contributed by atoms with Gasteiger partial charge in [0.05, 0.1) is 16.7 Å². The van der Waals surface area contributed by atoms with Crippen LogP contribution in [0.1, 0.15) is 68.0 Å². The van der Waals surface area contributed by atoms with Gasteiger partial charge in [0.15, 0.2) is 0 Å². The van der Waals surface area contributed by atoms with Crippen LogP contribution in [0.5, 0.6) is 0 Å². The van der Waals surface area contributed by atoms with E-state index in [1.807, 2.05) is 53.4 Å². The van der Waals surface area contributed by atoms with Crippen molar-refractivity contribution in [2.75, 3.05) is 38.5 Å². The zero-order valence-corrected chi connectivity index (χ0v) is 32.8. The third kappa shape index (κ3) is 9.30. The van der Waals surface area contributed by atoms with Gasteiger partial charge in [-0.05, 0) is 137 Å². The number of nitrogens with one attached hydrogen (secondary N) is 3. The van der Waals surface area contributed by atoms with E-state index >= 15 is 0 Å². The molecule has 0 aliphatic carbocycles. The first-order valence-electron chi connectivity index (χ1n) is 18.3. The van der Waals surface area contributed by atoms with E-state index in [9.17, 15) is 19.2 Å². The number of urea groups is 1. The molecule has 2 aromatic carbocycles. The van der Waals surface area contributed by atoms with Crippen LogP contribution in [0.2, 0.25) is 0 Å². The Morgan fingerprint density at radius 2 is 1.55 bits per heavy atom. The molecule has 2 aliphatic heterocycles. The molecule has 282 valence electrons. The van der Waals surface area contributed by atoms with Crippen molar-refractivity contribution in [2.45, 2.75) is 75.4 Å². The Kier molecular flexibility index (Phi) is 12.9. The van der Waals surface area contributed by atoms with Crippen molar-refractivity contribution >= 4 is 66.4 Å². The minimum atomic E-state index is -0.985. The maximum absolute atomic E-state index is 14.2. The largest absolute Gasteiger partial charge is 0.397 e. The van der Waals surface area contributed by atoms with Gasteiger partial charge < -0.3 is 36.9 Å². The number of pyridine rings is 1. The quantitative estimate of drug-likeness (QED) is 0.100. The molecular weight excluding hydrogens is 806 g/mol. The van der Waals surface area contributed by atoms with Crippen molar-refractivity contribution in [3.63, 3.8) is 0 Å². The third-order valence-electron chi connectivity index (χ3n) is 10.5. The number of halogens is 2. The Bertz CT molecular complexity index is 1930. The summed E-state index contributed by atoms with van der Waals surface area (Å²) in [6, 6.07) is 13.1. The number of carbonyl (C=O) groups excluding carboxylic acids is 3. The van der Waals surface area contributed by atoms with Crippen LogP contribution >= 0.6 is 31.9 Å². The molecule has 2 aromatic heterocycles. The normalized spacial score (nSPS) is 16.7. The molecule has 2 saturated heterocycles. The van der Waals surface area contributed by atoms with Crippen LogP contribution in [0.15, 0.2) is 74.7 Å². The van der Waals surface area contributed by atoms with Crippen LogP contribution in [0.4, 0.5) is 10.5 Å². The zero-order valence-electron chi connectivity index (χ0n) is 29.6. The van der Waals surface area contributed by atoms with Crippen LogP contribution < -0.4 is 27.8 Å². The number of hydrogen-bond acceptors (Lipinski definition) is 7. The number of aromatic nitrogens is 3. The molecule has 6 rings (SSSR count). The number of benzene rings is 2. The maximum atomic E-state index is 14.2. The number of aromatic amines is 1. The Hall–Kier alpha value is -4.21. The molecule has 4 heterocycles. The van der Waals surface area contributed by atoms with Crippen molar-refractivity contribution in [3.05, 3.63) is 91.5 Å². The summed E-state index contributed by atoms with van der Waals surface area (Å²) in [5.74, 6) is -0.222. The van der Waals surface area contributed by atoms with Gasteiger partial charge >= 0.3 is 11.7 Å². The second-order valence-corrected chi connectivity index (χ2v) is 15.6. The van der Waals surface area contributed by atoms with Crippen molar-refractivity contribution in [1.29, 1.82) is 0 Å². The Labute approximate surface area is 325 Å². The summed E-state index contributed by atoms with van der Waals surface area (Å²) < 4.78 is 3.10. The average molecular weight is 854 g/mol. The van der Waals surface area contributed by atoms with Crippen molar-refractivity contribution in [1.82, 2.24) is 35.0 Å². The smallest absolute Gasteiger partial charge is 0.326 e. The molecule has 53 heavy (non-hydrogen) atoms. The van der Waals surface area contributed by atoms with Gasteiger partial charge in [-0.2, -0.15) is 0 Å². The monoisotopic (exact) mass is 851 g/mol. The van der Waals surface area contributed by atoms with E-state index in [0.29, 0.717) is 79.0 Å². The number of hydrogen-bond donors (Lipinski definition) is 5. The predicted octanol–water partition coefficient (Wildman–Crippen LogP) is 4.81. The number of fused-ring (bicyclic) bond motifs is 1. The molecular formula is C38H47Br2N9O4. The molecule has 0 bridgehead atoms. The number of para-hydroxylation sites is 2. The minimum absolute atomic E-state index is 0.0682. The summed E-state index contributed by atoms with van der Waals surface area (Å²) in [6.07, 6.45) is 8.39. The van der Waals surface area contributed by atoms with Crippen LogP contribution in [0.25, 0.3) is 11.0 Å². The molecule has 0 radical (unpaired) electrons. The number of nitrogen functional groups attached to an aromatic ring is 1. The molecule has 13 nitrogen and oxygen atoms in total. The topological polar surface area (TPSA) is 184 Å². The fourth-order valence-electron chi connectivity index (χ4n) is 7.52. The maximum Gasteiger partial charge on any atom is 0.326 e. The summed E-state index contributed by atoms with van der Waals surface area (Å²) >= 11 is 6.99. The number of carbonyl (C=O) groups is 3. The summed E-state index contributed by atoms with van der Waals surface area (Å²) in [5.41, 5.74) is 15.9. The number of imidazole rings is 1. The Balaban J connectivity index is 1.15. The first-order valence-corrected chi connectivity index (χ1v) is 19.9. The average Bonchev–Trinajstić information content (AvgIpc) is 3.52. The van der Waals surface area contributed by atoms with Crippen LogP contribution in [-0.4, -0.2) is 87.0 Å². The van der Waals surface area contributed by atoms with E-state index in [-0.39, 0.29) is 30.1 Å². The van der Waals surface area contributed by atoms with E-state index in [0.717, 1.165) is 35.9 Å². The first kappa shape index (κ1) is 38.5. The minimum Gasteiger partial charge on any atom is -0.397 e. The van der Waals surface area contributed by atoms with E-state index < -0.39 is 18.0 Å². The van der Waals surface area contributed by atoms with Crippen molar-refractivity contribution in [2.24, 2.45) is 5.73 Å². The number of nitrogens with zero attached hydrogens (tertiary/aromatic N) is 4. The number of rotatable bonds is 12. The van der Waals surface area contributed by atoms with E-state index in [1.165, 1.54) is 5.56 Å². The molecule has 15 heteroatoms. The zero-order chi connectivity index (χ0) is 37.5. The van der Waals surface area contributed by atoms with Crippen LogP contribution in [-0.2, 0) is 16.0 Å². The lowest BCUT2D eigenvalue weighted by molar-refractivity contribution is -0.138. The number of anilines is 1. The highest BCUT2D eigenvalue weighted by Gasteiger charge is 2.33. The molecule has 7 N–H and O–H groups in total. The molecule has 2 aliphatic rings. The number of nitrogens with two attached hydrogens (primary N) is 2. The first-order chi connectivity index (χ1) is 25.6. The molecule has 0 saturated carbocycles. The van der Waals surface area contributed by atoms with Gasteiger partial charge in [0.1, 0.15) is 12.1 Å². The SMILES string of the molecule is NCCCC[C@H](NC(=O)[C@@H](Cc1cc(Br)c(N)c(Br)c1)NC(=O)N1CCC(n2c(=O)[nH]c3ccccc32)CC1)C(=O)N1CCC(c2ccncc2)CC1. The second kappa shape index (κ2) is 17.7. The van der Waals surface area contributed by atoms with Gasteiger partial charge in [-0.1, -0.05) is 12.1 Å². The summed E-state index contributed by atoms with van der Waals surface area (Å²) in [4.78, 5) is 65.4. The highest BCUT2D eigenvalue weighted by Crippen LogP contribution is 2.31. The standard InChI is InChI=1S/C38H47Br2N9O4/c39-28-21-24(22-29(40)34(28)42)23-32(46-37(52)48-19-12-27(13-20-48)49-33-7-2-1-5-30(33)45-38(49)53)35(50)44-31(6-3-4-14-41)36(51)47-17-10-26(11-18-47)25-8-15-43-16-9-25/h1-2,5,7-9,15-16,21-22,26-27,31-32H,3-4,6,10-14,17-20,23,41-42H2,(H,44,50)(H,45,53)(H,46,52)/t31-,32+/m0/s1. The lowest BCUT2D eigenvalue weighted by Gasteiger charge is -2.35. The van der Waals surface area contributed by atoms with Crippen LogP contribution in [0.3, 0.4) is 0 Å². The molecule has 0 spiro atoms. The fourth-order valence-corrected chi connectivity index (χ4v) is 8.80. The highest BCUT2D eigenvalue weighted by atomic mass is 79.9. The summed E-state index contributed by atoms with van der Waals surface area (Å²) in [6.45, 7) is 2.47.